The molecule has 2 N–H and O–H groups in total. The van der Waals surface area contributed by atoms with Crippen molar-refractivity contribution in [1.82, 2.24) is 0 Å². The van der Waals surface area contributed by atoms with E-state index >= 15 is 0 Å². The fraction of sp³-hybridized carbons (Fsp3) is 0.273. The zero-order valence-electron chi connectivity index (χ0n) is 8.30. The van der Waals surface area contributed by atoms with E-state index in [4.69, 9.17) is 5.73 Å². The standard InChI is InChI=1S/C11H10F3NS/c12-11(13,14)10-7-9(15)5-4-8(10)3-1-2-6-16/h4-5,7,16H,2,6,15H2. The van der Waals surface area contributed by atoms with Crippen molar-refractivity contribution in [2.75, 3.05) is 11.5 Å². The van der Waals surface area contributed by atoms with Gasteiger partial charge in [-0.25, -0.2) is 0 Å². The molecule has 0 unspecified atom stereocenters. The third-order valence-electron chi connectivity index (χ3n) is 1.81. The van der Waals surface area contributed by atoms with Crippen LogP contribution in [0.3, 0.4) is 0 Å². The Labute approximate surface area is 97.2 Å². The number of anilines is 1. The molecule has 1 aromatic carbocycles. The first-order valence-electron chi connectivity index (χ1n) is 4.51. The van der Waals surface area contributed by atoms with E-state index in [1.165, 1.54) is 12.1 Å². The van der Waals surface area contributed by atoms with Gasteiger partial charge in [0.2, 0.25) is 0 Å². The summed E-state index contributed by atoms with van der Waals surface area (Å²) in [4.78, 5) is 0. The zero-order valence-corrected chi connectivity index (χ0v) is 9.20. The second-order valence-corrected chi connectivity index (χ2v) is 3.53. The molecule has 0 amide bonds. The molecule has 0 aliphatic rings. The summed E-state index contributed by atoms with van der Waals surface area (Å²) in [6.07, 6.45) is -3.98. The lowest BCUT2D eigenvalue weighted by molar-refractivity contribution is -0.137. The minimum atomic E-state index is -4.43. The Morgan fingerprint density at radius 3 is 2.56 bits per heavy atom. The topological polar surface area (TPSA) is 26.0 Å². The molecule has 0 radical (unpaired) electrons. The van der Waals surface area contributed by atoms with Gasteiger partial charge in [-0.1, -0.05) is 11.8 Å². The number of halogens is 3. The van der Waals surface area contributed by atoms with Gasteiger partial charge in [-0.2, -0.15) is 25.8 Å². The molecule has 16 heavy (non-hydrogen) atoms. The Kier molecular flexibility index (Phi) is 4.13. The van der Waals surface area contributed by atoms with Crippen LogP contribution in [0, 0.1) is 11.8 Å². The molecule has 0 fully saturated rings. The lowest BCUT2D eigenvalue weighted by atomic mass is 10.1. The van der Waals surface area contributed by atoms with Gasteiger partial charge in [-0.05, 0) is 18.2 Å². The average molecular weight is 245 g/mol. The maximum atomic E-state index is 12.6. The molecule has 5 heteroatoms. The molecule has 0 bridgehead atoms. The largest absolute Gasteiger partial charge is 0.417 e. The normalized spacial score (nSPS) is 10.8. The Hall–Kier alpha value is -1.28. The molecule has 0 saturated carbocycles. The van der Waals surface area contributed by atoms with Crippen molar-refractivity contribution < 1.29 is 13.2 Å². The van der Waals surface area contributed by atoms with Crippen LogP contribution in [-0.2, 0) is 6.18 Å². The third kappa shape index (κ3) is 3.38. The third-order valence-corrected chi connectivity index (χ3v) is 2.03. The SMILES string of the molecule is Nc1ccc(C#CCCS)c(C(F)(F)F)c1. The van der Waals surface area contributed by atoms with Crippen molar-refractivity contribution in [3.63, 3.8) is 0 Å². The summed E-state index contributed by atoms with van der Waals surface area (Å²) in [5.74, 6) is 5.61. The fourth-order valence-electron chi connectivity index (χ4n) is 1.12. The van der Waals surface area contributed by atoms with E-state index in [1.807, 2.05) is 0 Å². The van der Waals surface area contributed by atoms with E-state index in [9.17, 15) is 13.2 Å². The molecule has 0 aliphatic heterocycles. The molecular formula is C11H10F3NS. The first kappa shape index (κ1) is 12.8. The van der Waals surface area contributed by atoms with Crippen molar-refractivity contribution in [3.05, 3.63) is 29.3 Å². The molecule has 0 aromatic heterocycles. The summed E-state index contributed by atoms with van der Waals surface area (Å²) >= 11 is 3.92. The van der Waals surface area contributed by atoms with E-state index in [0.29, 0.717) is 12.2 Å². The van der Waals surface area contributed by atoms with E-state index in [-0.39, 0.29) is 11.3 Å². The van der Waals surface area contributed by atoms with Gasteiger partial charge in [-0.15, -0.1) is 0 Å². The Morgan fingerprint density at radius 1 is 1.31 bits per heavy atom. The summed E-state index contributed by atoms with van der Waals surface area (Å²) in [6, 6.07) is 3.58. The van der Waals surface area contributed by atoms with Gasteiger partial charge in [0.25, 0.3) is 0 Å². The molecule has 1 aromatic rings. The lowest BCUT2D eigenvalue weighted by Gasteiger charge is -2.09. The highest BCUT2D eigenvalue weighted by Crippen LogP contribution is 2.32. The van der Waals surface area contributed by atoms with Crippen molar-refractivity contribution in [2.45, 2.75) is 12.6 Å². The summed E-state index contributed by atoms with van der Waals surface area (Å²) in [7, 11) is 0. The van der Waals surface area contributed by atoms with Crippen molar-refractivity contribution in [3.8, 4) is 11.8 Å². The summed E-state index contributed by atoms with van der Waals surface area (Å²) in [5, 5.41) is 0. The summed E-state index contributed by atoms with van der Waals surface area (Å²) in [6.45, 7) is 0. The van der Waals surface area contributed by atoms with E-state index in [2.05, 4.69) is 24.5 Å². The van der Waals surface area contributed by atoms with Gasteiger partial charge in [0.05, 0.1) is 5.56 Å². The van der Waals surface area contributed by atoms with Gasteiger partial charge in [0.1, 0.15) is 0 Å². The van der Waals surface area contributed by atoms with Crippen LogP contribution in [0.25, 0.3) is 0 Å². The van der Waals surface area contributed by atoms with Crippen LogP contribution >= 0.6 is 12.6 Å². The highest BCUT2D eigenvalue weighted by molar-refractivity contribution is 7.80. The molecule has 86 valence electrons. The van der Waals surface area contributed by atoms with Gasteiger partial charge in [-0.3, -0.25) is 0 Å². The maximum absolute atomic E-state index is 12.6. The Balaban J connectivity index is 3.15. The van der Waals surface area contributed by atoms with Gasteiger partial charge < -0.3 is 5.73 Å². The molecule has 1 nitrogen and oxygen atoms in total. The number of benzene rings is 1. The molecule has 1 rings (SSSR count). The van der Waals surface area contributed by atoms with E-state index in [1.54, 1.807) is 0 Å². The monoisotopic (exact) mass is 245 g/mol. The van der Waals surface area contributed by atoms with Crippen molar-refractivity contribution >= 4 is 18.3 Å². The number of rotatable bonds is 1. The zero-order chi connectivity index (χ0) is 12.2. The van der Waals surface area contributed by atoms with Gasteiger partial charge >= 0.3 is 6.18 Å². The van der Waals surface area contributed by atoms with Crippen LogP contribution in [0.15, 0.2) is 18.2 Å². The highest BCUT2D eigenvalue weighted by atomic mass is 32.1. The van der Waals surface area contributed by atoms with Gasteiger partial charge in [0, 0.05) is 23.4 Å². The number of thiol groups is 1. The van der Waals surface area contributed by atoms with Crippen molar-refractivity contribution in [2.24, 2.45) is 0 Å². The molecule has 0 saturated heterocycles. The second kappa shape index (κ2) is 5.17. The minimum Gasteiger partial charge on any atom is -0.399 e. The first-order valence-corrected chi connectivity index (χ1v) is 5.15. The number of nitrogen functional groups attached to an aromatic ring is 1. The highest BCUT2D eigenvalue weighted by Gasteiger charge is 2.33. The molecular weight excluding hydrogens is 235 g/mol. The van der Waals surface area contributed by atoms with Crippen LogP contribution in [0.2, 0.25) is 0 Å². The summed E-state index contributed by atoms with van der Waals surface area (Å²) < 4.78 is 37.8. The number of hydrogen-bond acceptors (Lipinski definition) is 2. The van der Waals surface area contributed by atoms with E-state index < -0.39 is 11.7 Å². The van der Waals surface area contributed by atoms with Crippen molar-refractivity contribution in [1.29, 1.82) is 0 Å². The number of hydrogen-bond donors (Lipinski definition) is 2. The number of nitrogens with two attached hydrogens (primary N) is 1. The smallest absolute Gasteiger partial charge is 0.399 e. The fourth-order valence-corrected chi connectivity index (χ4v) is 1.23. The molecule has 0 spiro atoms. The minimum absolute atomic E-state index is 0.0523. The van der Waals surface area contributed by atoms with Crippen LogP contribution in [-0.4, -0.2) is 5.75 Å². The second-order valence-electron chi connectivity index (χ2n) is 3.08. The predicted octanol–water partition coefficient (Wildman–Crippen LogP) is 2.96. The predicted molar refractivity (Wildman–Crippen MR) is 61.2 cm³/mol. The lowest BCUT2D eigenvalue weighted by Crippen LogP contribution is -2.08. The Bertz CT molecular complexity index is 429. The molecule has 0 heterocycles. The Morgan fingerprint density at radius 2 is 2.00 bits per heavy atom. The maximum Gasteiger partial charge on any atom is 0.417 e. The summed E-state index contributed by atoms with van der Waals surface area (Å²) in [5.41, 5.74) is 4.55. The number of alkyl halides is 3. The van der Waals surface area contributed by atoms with Crippen LogP contribution in [0.1, 0.15) is 17.5 Å². The molecule has 0 aliphatic carbocycles. The average Bonchev–Trinajstić information content (AvgIpc) is 2.19. The first-order chi connectivity index (χ1) is 7.45. The van der Waals surface area contributed by atoms with Crippen LogP contribution in [0.4, 0.5) is 18.9 Å². The van der Waals surface area contributed by atoms with Crippen LogP contribution < -0.4 is 5.73 Å². The quantitative estimate of drug-likeness (QED) is 0.444. The van der Waals surface area contributed by atoms with E-state index in [0.717, 1.165) is 6.07 Å². The molecule has 0 atom stereocenters. The van der Waals surface area contributed by atoms with Gasteiger partial charge in [0.15, 0.2) is 0 Å². The van der Waals surface area contributed by atoms with Crippen LogP contribution in [0.5, 0.6) is 0 Å².